The number of hydrogen-bond acceptors (Lipinski definition) is 1. The van der Waals surface area contributed by atoms with E-state index in [4.69, 9.17) is 0 Å². The van der Waals surface area contributed by atoms with Crippen molar-refractivity contribution in [3.05, 3.63) is 0 Å². The molecule has 2 N–H and O–H groups in total. The van der Waals surface area contributed by atoms with E-state index in [0.29, 0.717) is 5.91 Å². The van der Waals surface area contributed by atoms with Gasteiger partial charge in [0.25, 0.3) is 0 Å². The Hall–Kier alpha value is -0.570. The van der Waals surface area contributed by atoms with E-state index in [9.17, 15) is 4.79 Å². The fourth-order valence-corrected chi connectivity index (χ4v) is 6.21. The van der Waals surface area contributed by atoms with Gasteiger partial charge >= 0.3 is 0 Å². The molecule has 0 unspecified atom stereocenters. The number of carbonyl (C=O) groups is 1. The molecule has 5 rings (SSSR count). The van der Waals surface area contributed by atoms with Gasteiger partial charge in [0.1, 0.15) is 0 Å². The zero-order valence-electron chi connectivity index (χ0n) is 13.3. The predicted octanol–water partition coefficient (Wildman–Crippen LogP) is 1.53. The minimum absolute atomic E-state index is 0.211. The topological polar surface area (TPSA) is 33.5 Å². The van der Waals surface area contributed by atoms with Gasteiger partial charge in [-0.3, -0.25) is 4.79 Å². The van der Waals surface area contributed by atoms with Crippen molar-refractivity contribution in [3.8, 4) is 0 Å². The Morgan fingerprint density at radius 2 is 1.52 bits per heavy atom. The van der Waals surface area contributed by atoms with Crippen LogP contribution < -0.4 is 10.2 Å². The number of carbonyl (C=O) groups excluding carboxylic acids is 1. The summed E-state index contributed by atoms with van der Waals surface area (Å²) in [5.74, 6) is 3.10. The lowest BCUT2D eigenvalue weighted by Gasteiger charge is -2.56. The van der Waals surface area contributed by atoms with Gasteiger partial charge in [0.2, 0.25) is 5.91 Å². The summed E-state index contributed by atoms with van der Waals surface area (Å²) in [5, 5.41) is 3.51. The van der Waals surface area contributed by atoms with E-state index < -0.39 is 0 Å². The average Bonchev–Trinajstić information content (AvgIpc) is 2.44. The molecule has 0 atom stereocenters. The summed E-state index contributed by atoms with van der Waals surface area (Å²) in [6.45, 7) is 3.62. The van der Waals surface area contributed by atoms with Crippen molar-refractivity contribution in [1.29, 1.82) is 0 Å². The van der Waals surface area contributed by atoms with Gasteiger partial charge in [-0.2, -0.15) is 0 Å². The van der Waals surface area contributed by atoms with Crippen LogP contribution >= 0.6 is 0 Å². The lowest BCUT2D eigenvalue weighted by atomic mass is 9.53. The minimum Gasteiger partial charge on any atom is -0.350 e. The first kappa shape index (κ1) is 14.0. The Balaban J connectivity index is 1.30. The SMILES string of the molecule is O=C(CC[NH+]1CCCCC1)NC12CC3CC(CC(C3)C1)C2. The monoisotopic (exact) mass is 291 g/mol. The lowest BCUT2D eigenvalue weighted by Crippen LogP contribution is -3.12. The highest BCUT2D eigenvalue weighted by Gasteiger charge is 2.51. The molecule has 0 aromatic rings. The van der Waals surface area contributed by atoms with Gasteiger partial charge in [0, 0.05) is 5.54 Å². The maximum absolute atomic E-state index is 12.4. The maximum Gasteiger partial charge on any atom is 0.226 e. The van der Waals surface area contributed by atoms with Gasteiger partial charge in [-0.15, -0.1) is 0 Å². The molecule has 4 aliphatic carbocycles. The van der Waals surface area contributed by atoms with E-state index in [1.807, 2.05) is 0 Å². The van der Waals surface area contributed by atoms with Crippen LogP contribution in [-0.2, 0) is 4.79 Å². The molecule has 3 nitrogen and oxygen atoms in total. The zero-order chi connectivity index (χ0) is 14.3. The Bertz CT molecular complexity index is 365. The Kier molecular flexibility index (Phi) is 3.72. The second-order valence-electron chi connectivity index (χ2n) is 8.56. The standard InChI is InChI=1S/C18H30N2O/c21-17(4-7-20-5-2-1-3-6-20)19-18-11-14-8-15(12-18)10-16(9-14)13-18/h14-16H,1-13H2,(H,19,21)/p+1. The van der Waals surface area contributed by atoms with Crippen LogP contribution in [0.5, 0.6) is 0 Å². The normalized spacial score (nSPS) is 42.2. The third-order valence-electron chi connectivity index (χ3n) is 6.71. The third kappa shape index (κ3) is 2.99. The molecular weight excluding hydrogens is 260 g/mol. The number of rotatable bonds is 4. The molecule has 21 heavy (non-hydrogen) atoms. The van der Waals surface area contributed by atoms with Crippen LogP contribution in [0.3, 0.4) is 0 Å². The summed E-state index contributed by atoms with van der Waals surface area (Å²) in [6, 6.07) is 0. The second-order valence-corrected chi connectivity index (χ2v) is 8.56. The van der Waals surface area contributed by atoms with E-state index in [2.05, 4.69) is 5.32 Å². The quantitative estimate of drug-likeness (QED) is 0.809. The van der Waals surface area contributed by atoms with Gasteiger partial charge in [0.15, 0.2) is 0 Å². The molecule has 3 heteroatoms. The van der Waals surface area contributed by atoms with Gasteiger partial charge < -0.3 is 10.2 Å². The van der Waals surface area contributed by atoms with Crippen molar-refractivity contribution < 1.29 is 9.69 Å². The van der Waals surface area contributed by atoms with Crippen molar-refractivity contribution in [2.24, 2.45) is 17.8 Å². The summed E-state index contributed by atoms with van der Waals surface area (Å²) in [5.41, 5.74) is 0.211. The summed E-state index contributed by atoms with van der Waals surface area (Å²) >= 11 is 0. The van der Waals surface area contributed by atoms with Crippen LogP contribution in [0, 0.1) is 17.8 Å². The summed E-state index contributed by atoms with van der Waals surface area (Å²) in [6.07, 6.45) is 13.0. The molecule has 5 aliphatic rings. The molecule has 0 radical (unpaired) electrons. The first-order chi connectivity index (χ1) is 10.2. The van der Waals surface area contributed by atoms with Crippen LogP contribution in [0.4, 0.5) is 0 Å². The molecule has 0 spiro atoms. The van der Waals surface area contributed by atoms with Crippen molar-refractivity contribution in [1.82, 2.24) is 5.32 Å². The van der Waals surface area contributed by atoms with Crippen LogP contribution in [0.15, 0.2) is 0 Å². The molecule has 4 bridgehead atoms. The molecule has 1 aliphatic heterocycles. The number of amides is 1. The fraction of sp³-hybridized carbons (Fsp3) is 0.944. The van der Waals surface area contributed by atoms with Crippen LogP contribution in [-0.4, -0.2) is 31.1 Å². The molecule has 1 saturated heterocycles. The third-order valence-corrected chi connectivity index (χ3v) is 6.71. The van der Waals surface area contributed by atoms with Gasteiger partial charge in [-0.05, 0) is 75.5 Å². The Morgan fingerprint density at radius 3 is 2.10 bits per heavy atom. The molecule has 118 valence electrons. The van der Waals surface area contributed by atoms with Crippen LogP contribution in [0.25, 0.3) is 0 Å². The Morgan fingerprint density at radius 1 is 0.952 bits per heavy atom. The predicted molar refractivity (Wildman–Crippen MR) is 83.1 cm³/mol. The smallest absolute Gasteiger partial charge is 0.226 e. The minimum atomic E-state index is 0.211. The largest absolute Gasteiger partial charge is 0.350 e. The molecule has 0 aromatic carbocycles. The molecule has 4 saturated carbocycles. The second kappa shape index (κ2) is 5.57. The maximum atomic E-state index is 12.4. The van der Waals surface area contributed by atoms with E-state index in [0.717, 1.165) is 30.7 Å². The number of piperidine rings is 1. The number of likely N-dealkylation sites (tertiary alicyclic amines) is 1. The molecule has 1 heterocycles. The summed E-state index contributed by atoms with van der Waals surface area (Å²) < 4.78 is 0. The van der Waals surface area contributed by atoms with Crippen molar-refractivity contribution in [2.75, 3.05) is 19.6 Å². The highest BCUT2D eigenvalue weighted by atomic mass is 16.1. The van der Waals surface area contributed by atoms with Crippen molar-refractivity contribution in [3.63, 3.8) is 0 Å². The number of hydrogen-bond donors (Lipinski definition) is 2. The van der Waals surface area contributed by atoms with E-state index in [1.54, 1.807) is 4.90 Å². The first-order valence-electron chi connectivity index (χ1n) is 9.35. The van der Waals surface area contributed by atoms with Crippen LogP contribution in [0.1, 0.15) is 64.2 Å². The molecule has 5 fully saturated rings. The first-order valence-corrected chi connectivity index (χ1v) is 9.35. The summed E-state index contributed by atoms with van der Waals surface area (Å²) in [7, 11) is 0. The van der Waals surface area contributed by atoms with Crippen molar-refractivity contribution in [2.45, 2.75) is 69.7 Å². The van der Waals surface area contributed by atoms with E-state index in [1.165, 1.54) is 70.9 Å². The Labute approximate surface area is 128 Å². The number of nitrogens with one attached hydrogen (secondary N) is 2. The van der Waals surface area contributed by atoms with Crippen LogP contribution in [0.2, 0.25) is 0 Å². The summed E-state index contributed by atoms with van der Waals surface area (Å²) in [4.78, 5) is 14.1. The highest BCUT2D eigenvalue weighted by molar-refractivity contribution is 5.77. The fourth-order valence-electron chi connectivity index (χ4n) is 6.21. The lowest BCUT2D eigenvalue weighted by molar-refractivity contribution is -0.904. The molecular formula is C18H31N2O+. The van der Waals surface area contributed by atoms with E-state index in [-0.39, 0.29) is 5.54 Å². The average molecular weight is 291 g/mol. The van der Waals surface area contributed by atoms with Gasteiger partial charge in [-0.1, -0.05) is 0 Å². The van der Waals surface area contributed by atoms with Gasteiger partial charge in [-0.25, -0.2) is 0 Å². The van der Waals surface area contributed by atoms with Gasteiger partial charge in [0.05, 0.1) is 26.1 Å². The van der Waals surface area contributed by atoms with Crippen molar-refractivity contribution >= 4 is 5.91 Å². The number of quaternary nitrogens is 1. The molecule has 1 amide bonds. The van der Waals surface area contributed by atoms with E-state index >= 15 is 0 Å². The molecule has 0 aromatic heterocycles. The zero-order valence-corrected chi connectivity index (χ0v) is 13.3. The highest BCUT2D eigenvalue weighted by Crippen LogP contribution is 2.55.